The van der Waals surface area contributed by atoms with Crippen molar-refractivity contribution in [1.82, 2.24) is 14.6 Å². The number of rotatable bonds is 2. The third-order valence-electron chi connectivity index (χ3n) is 3.09. The van der Waals surface area contributed by atoms with Crippen LogP contribution in [0.1, 0.15) is 17.9 Å². The smallest absolute Gasteiger partial charge is 0.155 e. The Balaban J connectivity index is 1.90. The summed E-state index contributed by atoms with van der Waals surface area (Å²) in [5.74, 6) is 1.53. The van der Waals surface area contributed by atoms with Gasteiger partial charge in [0.25, 0.3) is 0 Å². The number of aryl methyl sites for hydroxylation is 1. The zero-order chi connectivity index (χ0) is 11.0. The number of pyridine rings is 1. The molecule has 0 aromatic carbocycles. The molecule has 0 saturated carbocycles. The fourth-order valence-corrected chi connectivity index (χ4v) is 2.17. The first-order valence-electron chi connectivity index (χ1n) is 5.72. The van der Waals surface area contributed by atoms with E-state index < -0.39 is 0 Å². The molecule has 0 N–H and O–H groups in total. The van der Waals surface area contributed by atoms with Crippen molar-refractivity contribution in [3.8, 4) is 0 Å². The normalized spacial score (nSPS) is 20.7. The number of hydrogen-bond acceptors (Lipinski definition) is 3. The van der Waals surface area contributed by atoms with E-state index in [2.05, 4.69) is 10.1 Å². The molecule has 0 radical (unpaired) electrons. The zero-order valence-electron chi connectivity index (χ0n) is 9.39. The predicted octanol–water partition coefficient (Wildman–Crippen LogP) is 1.62. The lowest BCUT2D eigenvalue weighted by Gasteiger charge is -2.01. The van der Waals surface area contributed by atoms with Gasteiger partial charge in [-0.25, -0.2) is 9.50 Å². The Bertz CT molecular complexity index is 500. The Labute approximate surface area is 94.3 Å². The number of aromatic nitrogens is 3. The third-order valence-corrected chi connectivity index (χ3v) is 3.09. The van der Waals surface area contributed by atoms with Gasteiger partial charge in [0.1, 0.15) is 0 Å². The van der Waals surface area contributed by atoms with Crippen molar-refractivity contribution in [1.29, 1.82) is 0 Å². The van der Waals surface area contributed by atoms with E-state index in [4.69, 9.17) is 4.74 Å². The van der Waals surface area contributed by atoms with Crippen molar-refractivity contribution in [3.05, 3.63) is 29.7 Å². The van der Waals surface area contributed by atoms with Crippen molar-refractivity contribution in [2.24, 2.45) is 5.92 Å². The van der Waals surface area contributed by atoms with Crippen molar-refractivity contribution in [2.75, 3.05) is 13.2 Å². The maximum absolute atomic E-state index is 5.36. The van der Waals surface area contributed by atoms with Gasteiger partial charge in [-0.2, -0.15) is 5.10 Å². The van der Waals surface area contributed by atoms with Gasteiger partial charge in [0.2, 0.25) is 0 Å². The number of nitrogens with zero attached hydrogens (tertiary/aromatic N) is 3. The van der Waals surface area contributed by atoms with Crippen LogP contribution in [0.3, 0.4) is 0 Å². The van der Waals surface area contributed by atoms with Crippen molar-refractivity contribution in [3.63, 3.8) is 0 Å². The van der Waals surface area contributed by atoms with Crippen molar-refractivity contribution >= 4 is 5.65 Å². The lowest BCUT2D eigenvalue weighted by atomic mass is 10.1. The lowest BCUT2D eigenvalue weighted by Crippen LogP contribution is -2.05. The molecule has 1 fully saturated rings. The summed E-state index contributed by atoms with van der Waals surface area (Å²) < 4.78 is 7.27. The van der Waals surface area contributed by atoms with E-state index >= 15 is 0 Å². The first kappa shape index (κ1) is 9.78. The quantitative estimate of drug-likeness (QED) is 0.767. The molecule has 84 valence electrons. The summed E-state index contributed by atoms with van der Waals surface area (Å²) in [6, 6.07) is 6.06. The highest BCUT2D eigenvalue weighted by atomic mass is 16.5. The molecule has 0 bridgehead atoms. The zero-order valence-corrected chi connectivity index (χ0v) is 9.39. The molecular weight excluding hydrogens is 202 g/mol. The molecule has 1 unspecified atom stereocenters. The molecule has 1 aliphatic heterocycles. The standard InChI is InChI=1S/C12H15N3O/c1-9-3-2-4-12-13-11(14-15(9)12)7-10-5-6-16-8-10/h2-4,10H,5-8H2,1H3. The SMILES string of the molecule is Cc1cccc2nc(CC3CCOC3)nn12. The average molecular weight is 217 g/mol. The third kappa shape index (κ3) is 1.69. The number of hydrogen-bond donors (Lipinski definition) is 0. The van der Waals surface area contributed by atoms with Gasteiger partial charge in [0.15, 0.2) is 11.5 Å². The largest absolute Gasteiger partial charge is 0.381 e. The summed E-state index contributed by atoms with van der Waals surface area (Å²) in [6.07, 6.45) is 2.07. The van der Waals surface area contributed by atoms with Gasteiger partial charge in [-0.3, -0.25) is 0 Å². The maximum Gasteiger partial charge on any atom is 0.155 e. The van der Waals surface area contributed by atoms with E-state index in [-0.39, 0.29) is 0 Å². The lowest BCUT2D eigenvalue weighted by molar-refractivity contribution is 0.185. The fraction of sp³-hybridized carbons (Fsp3) is 0.500. The minimum absolute atomic E-state index is 0.595. The summed E-state index contributed by atoms with van der Waals surface area (Å²) in [5.41, 5.74) is 2.06. The molecule has 16 heavy (non-hydrogen) atoms. The van der Waals surface area contributed by atoms with Gasteiger partial charge in [-0.1, -0.05) is 6.07 Å². The molecule has 1 atom stereocenters. The molecule has 2 aromatic heterocycles. The average Bonchev–Trinajstić information content (AvgIpc) is 2.88. The van der Waals surface area contributed by atoms with Crippen LogP contribution < -0.4 is 0 Å². The Morgan fingerprint density at radius 1 is 1.50 bits per heavy atom. The highest BCUT2D eigenvalue weighted by Gasteiger charge is 2.18. The van der Waals surface area contributed by atoms with Gasteiger partial charge in [0.05, 0.1) is 0 Å². The monoisotopic (exact) mass is 217 g/mol. The highest BCUT2D eigenvalue weighted by Crippen LogP contribution is 2.17. The first-order chi connectivity index (χ1) is 7.83. The second-order valence-electron chi connectivity index (χ2n) is 4.40. The van der Waals surface area contributed by atoms with Crippen LogP contribution in [0.2, 0.25) is 0 Å². The summed E-state index contributed by atoms with van der Waals surface area (Å²) in [6.45, 7) is 3.79. The van der Waals surface area contributed by atoms with Crippen LogP contribution >= 0.6 is 0 Å². The van der Waals surface area contributed by atoms with Crippen LogP contribution in [-0.2, 0) is 11.2 Å². The van der Waals surface area contributed by atoms with E-state index in [9.17, 15) is 0 Å². The van der Waals surface area contributed by atoms with Crippen LogP contribution in [0.25, 0.3) is 5.65 Å². The second kappa shape index (κ2) is 3.87. The highest BCUT2D eigenvalue weighted by molar-refractivity contribution is 5.38. The molecule has 0 aliphatic carbocycles. The number of ether oxygens (including phenoxy) is 1. The molecule has 2 aromatic rings. The molecule has 1 aliphatic rings. The van der Waals surface area contributed by atoms with Gasteiger partial charge >= 0.3 is 0 Å². The van der Waals surface area contributed by atoms with Gasteiger partial charge in [0, 0.05) is 25.3 Å². The maximum atomic E-state index is 5.36. The molecular formula is C12H15N3O. The molecule has 4 heteroatoms. The van der Waals surface area contributed by atoms with Crippen LogP contribution in [0.5, 0.6) is 0 Å². The predicted molar refractivity (Wildman–Crippen MR) is 60.4 cm³/mol. The minimum atomic E-state index is 0.595. The van der Waals surface area contributed by atoms with E-state index in [1.165, 1.54) is 0 Å². The Hall–Kier alpha value is -1.42. The summed E-state index contributed by atoms with van der Waals surface area (Å²) in [7, 11) is 0. The van der Waals surface area contributed by atoms with Crippen LogP contribution in [0.15, 0.2) is 18.2 Å². The minimum Gasteiger partial charge on any atom is -0.381 e. The Morgan fingerprint density at radius 3 is 3.19 bits per heavy atom. The molecule has 0 amide bonds. The van der Waals surface area contributed by atoms with E-state index in [1.54, 1.807) is 0 Å². The van der Waals surface area contributed by atoms with Gasteiger partial charge in [-0.15, -0.1) is 0 Å². The molecule has 4 nitrogen and oxygen atoms in total. The Kier molecular flexibility index (Phi) is 2.36. The Morgan fingerprint density at radius 2 is 2.44 bits per heavy atom. The van der Waals surface area contributed by atoms with Crippen LogP contribution in [-0.4, -0.2) is 27.8 Å². The van der Waals surface area contributed by atoms with Gasteiger partial charge < -0.3 is 4.74 Å². The summed E-state index contributed by atoms with van der Waals surface area (Å²) in [5, 5.41) is 4.53. The van der Waals surface area contributed by atoms with Crippen molar-refractivity contribution < 1.29 is 4.74 Å². The van der Waals surface area contributed by atoms with Gasteiger partial charge in [-0.05, 0) is 31.4 Å². The molecule has 3 rings (SSSR count). The van der Waals surface area contributed by atoms with E-state index in [0.717, 1.165) is 43.2 Å². The summed E-state index contributed by atoms with van der Waals surface area (Å²) in [4.78, 5) is 4.53. The van der Waals surface area contributed by atoms with E-state index in [1.807, 2.05) is 29.6 Å². The van der Waals surface area contributed by atoms with Crippen LogP contribution in [0, 0.1) is 12.8 Å². The molecule has 3 heterocycles. The topological polar surface area (TPSA) is 39.4 Å². The van der Waals surface area contributed by atoms with Crippen LogP contribution in [0.4, 0.5) is 0 Å². The molecule has 0 spiro atoms. The second-order valence-corrected chi connectivity index (χ2v) is 4.40. The van der Waals surface area contributed by atoms with Crippen molar-refractivity contribution in [2.45, 2.75) is 19.8 Å². The fourth-order valence-electron chi connectivity index (χ4n) is 2.17. The number of fused-ring (bicyclic) bond motifs is 1. The molecule has 1 saturated heterocycles. The summed E-state index contributed by atoms with van der Waals surface area (Å²) >= 11 is 0. The first-order valence-corrected chi connectivity index (χ1v) is 5.72. The van der Waals surface area contributed by atoms with E-state index in [0.29, 0.717) is 5.92 Å².